The summed E-state index contributed by atoms with van der Waals surface area (Å²) in [6.07, 6.45) is 2.44. The van der Waals surface area contributed by atoms with E-state index in [0.717, 1.165) is 19.6 Å². The number of rotatable bonds is 3. The minimum absolute atomic E-state index is 0.472. The maximum Gasteiger partial charge on any atom is 0.205 e. The van der Waals surface area contributed by atoms with E-state index in [0.29, 0.717) is 12.0 Å². The van der Waals surface area contributed by atoms with Crippen LogP contribution in [0.4, 0.5) is 0 Å². The highest BCUT2D eigenvalue weighted by Crippen LogP contribution is 2.09. The first-order chi connectivity index (χ1) is 7.30. The number of likely N-dealkylation sites (tertiary alicyclic amines) is 1. The van der Waals surface area contributed by atoms with Gasteiger partial charge in [-0.05, 0) is 32.9 Å². The first kappa shape index (κ1) is 12.3. The summed E-state index contributed by atoms with van der Waals surface area (Å²) in [6.45, 7) is 8.36. The number of piperidine rings is 1. The number of likely N-dealkylation sites (N-methyl/N-ethyl adjacent to an activating group) is 1. The molecule has 0 aliphatic carbocycles. The van der Waals surface area contributed by atoms with Crippen LogP contribution in [-0.2, 0) is 0 Å². The van der Waals surface area contributed by atoms with Crippen molar-refractivity contribution < 1.29 is 0 Å². The van der Waals surface area contributed by atoms with E-state index >= 15 is 0 Å². The van der Waals surface area contributed by atoms with E-state index in [1.54, 1.807) is 0 Å². The van der Waals surface area contributed by atoms with Gasteiger partial charge in [0.25, 0.3) is 0 Å². The van der Waals surface area contributed by atoms with Gasteiger partial charge in [0.05, 0.1) is 0 Å². The average molecular weight is 213 g/mol. The molecular formula is C10H23N5. The summed E-state index contributed by atoms with van der Waals surface area (Å²) >= 11 is 0. The number of guanidine groups is 1. The molecule has 0 aromatic rings. The second kappa shape index (κ2) is 6.63. The first-order valence-corrected chi connectivity index (χ1v) is 5.80. The molecule has 5 heteroatoms. The number of aliphatic imine (C=N–C) groups is 1. The Kier molecular flexibility index (Phi) is 5.42. The van der Waals surface area contributed by atoms with Crippen LogP contribution in [0.2, 0.25) is 0 Å². The second-order valence-electron chi connectivity index (χ2n) is 3.84. The van der Waals surface area contributed by atoms with Crippen LogP contribution in [0.25, 0.3) is 0 Å². The van der Waals surface area contributed by atoms with Crippen LogP contribution in [0.5, 0.6) is 0 Å². The van der Waals surface area contributed by atoms with Gasteiger partial charge < -0.3 is 10.2 Å². The summed E-state index contributed by atoms with van der Waals surface area (Å²) in [7, 11) is 0. The van der Waals surface area contributed by atoms with E-state index in [-0.39, 0.29) is 0 Å². The third kappa shape index (κ3) is 4.05. The Hall–Kier alpha value is -0.810. The molecule has 0 radical (unpaired) electrons. The molecule has 1 unspecified atom stereocenters. The Bertz CT molecular complexity index is 204. The van der Waals surface area contributed by atoms with Gasteiger partial charge in [-0.3, -0.25) is 10.4 Å². The number of hydrazine groups is 1. The van der Waals surface area contributed by atoms with Gasteiger partial charge in [-0.25, -0.2) is 5.84 Å². The number of nitrogens with one attached hydrogen (secondary N) is 2. The standard InChI is InChI=1S/C10H23N5/c1-3-12-10(14-11)13-9-6-5-7-15(4-2)8-9/h9H,3-8,11H2,1-2H3,(H2,12,13,14). The normalized spacial score (nSPS) is 23.9. The predicted molar refractivity (Wildman–Crippen MR) is 63.6 cm³/mol. The molecule has 0 aromatic heterocycles. The van der Waals surface area contributed by atoms with Crippen molar-refractivity contribution in [3.63, 3.8) is 0 Å². The molecule has 0 bridgehead atoms. The van der Waals surface area contributed by atoms with E-state index in [1.165, 1.54) is 19.4 Å². The van der Waals surface area contributed by atoms with Gasteiger partial charge in [0.2, 0.25) is 5.96 Å². The quantitative estimate of drug-likeness (QED) is 0.265. The molecule has 0 aromatic carbocycles. The summed E-state index contributed by atoms with van der Waals surface area (Å²) in [5.74, 6) is 6.10. The zero-order chi connectivity index (χ0) is 11.1. The van der Waals surface area contributed by atoms with Crippen molar-refractivity contribution in [2.24, 2.45) is 10.8 Å². The molecule has 15 heavy (non-hydrogen) atoms. The fourth-order valence-corrected chi connectivity index (χ4v) is 1.94. The fraction of sp³-hybridized carbons (Fsp3) is 0.900. The lowest BCUT2D eigenvalue weighted by Gasteiger charge is -2.32. The SMILES string of the molecule is CCN=C(NN)NC1CCCN(CC)C1. The van der Waals surface area contributed by atoms with Gasteiger partial charge in [-0.15, -0.1) is 0 Å². The highest BCUT2D eigenvalue weighted by atomic mass is 15.3. The topological polar surface area (TPSA) is 65.7 Å². The fourth-order valence-electron chi connectivity index (χ4n) is 1.94. The lowest BCUT2D eigenvalue weighted by atomic mass is 10.1. The zero-order valence-electron chi connectivity index (χ0n) is 9.79. The van der Waals surface area contributed by atoms with E-state index < -0.39 is 0 Å². The third-order valence-corrected chi connectivity index (χ3v) is 2.75. The minimum atomic E-state index is 0.472. The van der Waals surface area contributed by atoms with Crippen molar-refractivity contribution in [1.82, 2.24) is 15.6 Å². The molecule has 0 amide bonds. The zero-order valence-corrected chi connectivity index (χ0v) is 9.79. The van der Waals surface area contributed by atoms with Gasteiger partial charge >= 0.3 is 0 Å². The Morgan fingerprint density at radius 3 is 2.93 bits per heavy atom. The number of hydrogen-bond acceptors (Lipinski definition) is 3. The van der Waals surface area contributed by atoms with Crippen molar-refractivity contribution in [2.75, 3.05) is 26.2 Å². The molecule has 5 nitrogen and oxygen atoms in total. The van der Waals surface area contributed by atoms with Crippen LogP contribution in [-0.4, -0.2) is 43.1 Å². The summed E-state index contributed by atoms with van der Waals surface area (Å²) < 4.78 is 0. The number of hydrogen-bond donors (Lipinski definition) is 3. The smallest absolute Gasteiger partial charge is 0.205 e. The maximum atomic E-state index is 5.39. The summed E-state index contributed by atoms with van der Waals surface area (Å²) in [5.41, 5.74) is 2.60. The van der Waals surface area contributed by atoms with E-state index in [4.69, 9.17) is 5.84 Å². The average Bonchev–Trinajstić information content (AvgIpc) is 2.29. The lowest BCUT2D eigenvalue weighted by Crippen LogP contribution is -2.52. The minimum Gasteiger partial charge on any atom is -0.351 e. The molecule has 1 saturated heterocycles. The summed E-state index contributed by atoms with van der Waals surface area (Å²) in [4.78, 5) is 6.68. The van der Waals surface area contributed by atoms with E-state index in [2.05, 4.69) is 27.6 Å². The molecule has 0 spiro atoms. The van der Waals surface area contributed by atoms with Crippen molar-refractivity contribution >= 4 is 5.96 Å². The molecule has 1 fully saturated rings. The Morgan fingerprint density at radius 2 is 2.33 bits per heavy atom. The largest absolute Gasteiger partial charge is 0.351 e. The van der Waals surface area contributed by atoms with Gasteiger partial charge in [0.15, 0.2) is 0 Å². The van der Waals surface area contributed by atoms with Gasteiger partial charge in [-0.2, -0.15) is 0 Å². The van der Waals surface area contributed by atoms with Crippen LogP contribution in [0.3, 0.4) is 0 Å². The lowest BCUT2D eigenvalue weighted by molar-refractivity contribution is 0.209. The van der Waals surface area contributed by atoms with E-state index in [1.807, 2.05) is 6.92 Å². The highest BCUT2D eigenvalue weighted by molar-refractivity contribution is 5.79. The number of nitrogens with two attached hydrogens (primary N) is 1. The van der Waals surface area contributed by atoms with Gasteiger partial charge in [0.1, 0.15) is 0 Å². The molecule has 0 saturated carbocycles. The van der Waals surface area contributed by atoms with Crippen LogP contribution in [0.15, 0.2) is 4.99 Å². The first-order valence-electron chi connectivity index (χ1n) is 5.80. The van der Waals surface area contributed by atoms with Gasteiger partial charge in [0, 0.05) is 19.1 Å². The van der Waals surface area contributed by atoms with Crippen LogP contribution >= 0.6 is 0 Å². The van der Waals surface area contributed by atoms with Crippen molar-refractivity contribution in [3.05, 3.63) is 0 Å². The highest BCUT2D eigenvalue weighted by Gasteiger charge is 2.18. The number of nitrogens with zero attached hydrogens (tertiary/aromatic N) is 2. The monoisotopic (exact) mass is 213 g/mol. The maximum absolute atomic E-state index is 5.39. The Morgan fingerprint density at radius 1 is 1.53 bits per heavy atom. The van der Waals surface area contributed by atoms with Crippen LogP contribution < -0.4 is 16.6 Å². The second-order valence-corrected chi connectivity index (χ2v) is 3.84. The third-order valence-electron chi connectivity index (χ3n) is 2.75. The molecular weight excluding hydrogens is 190 g/mol. The molecule has 4 N–H and O–H groups in total. The predicted octanol–water partition coefficient (Wildman–Crippen LogP) is -0.100. The molecule has 1 aliphatic heterocycles. The molecule has 1 atom stereocenters. The Labute approximate surface area is 92.1 Å². The molecule has 1 heterocycles. The molecule has 1 aliphatic rings. The van der Waals surface area contributed by atoms with Crippen LogP contribution in [0.1, 0.15) is 26.7 Å². The van der Waals surface area contributed by atoms with Crippen LogP contribution in [0, 0.1) is 0 Å². The van der Waals surface area contributed by atoms with E-state index in [9.17, 15) is 0 Å². The van der Waals surface area contributed by atoms with Crippen molar-refractivity contribution in [1.29, 1.82) is 0 Å². The van der Waals surface area contributed by atoms with Crippen molar-refractivity contribution in [2.45, 2.75) is 32.7 Å². The van der Waals surface area contributed by atoms with Crippen molar-refractivity contribution in [3.8, 4) is 0 Å². The molecule has 88 valence electrons. The molecule has 1 rings (SSSR count). The summed E-state index contributed by atoms with van der Waals surface area (Å²) in [5, 5.41) is 3.34. The van der Waals surface area contributed by atoms with Gasteiger partial charge in [-0.1, -0.05) is 6.92 Å². The Balaban J connectivity index is 2.39. The summed E-state index contributed by atoms with van der Waals surface area (Å²) in [6, 6.07) is 0.472.